The summed E-state index contributed by atoms with van der Waals surface area (Å²) in [6.45, 7) is 9.50. The van der Waals surface area contributed by atoms with Crippen LogP contribution >= 0.6 is 0 Å². The minimum absolute atomic E-state index is 0.0112. The SMILES string of the molecule is CC1(C)c2ccccc2-c2ccc(-c3nccc4ccccc34)cc2C1(C)C. The lowest BCUT2D eigenvalue weighted by Crippen LogP contribution is -2.43. The van der Waals surface area contributed by atoms with Crippen LogP contribution in [-0.4, -0.2) is 4.98 Å². The maximum absolute atomic E-state index is 4.75. The van der Waals surface area contributed by atoms with E-state index >= 15 is 0 Å². The summed E-state index contributed by atoms with van der Waals surface area (Å²) in [7, 11) is 0. The van der Waals surface area contributed by atoms with E-state index in [1.807, 2.05) is 6.20 Å². The summed E-state index contributed by atoms with van der Waals surface area (Å²) in [6, 6.07) is 26.4. The zero-order chi connectivity index (χ0) is 19.5. The summed E-state index contributed by atoms with van der Waals surface area (Å²) in [5.74, 6) is 0. The van der Waals surface area contributed by atoms with E-state index < -0.39 is 0 Å². The topological polar surface area (TPSA) is 12.9 Å². The zero-order valence-corrected chi connectivity index (χ0v) is 17.0. The van der Waals surface area contributed by atoms with Crippen molar-refractivity contribution in [2.75, 3.05) is 0 Å². The van der Waals surface area contributed by atoms with Crippen molar-refractivity contribution in [1.29, 1.82) is 0 Å². The fourth-order valence-corrected chi connectivity index (χ4v) is 4.73. The van der Waals surface area contributed by atoms with Gasteiger partial charge in [0.15, 0.2) is 0 Å². The Balaban J connectivity index is 1.80. The Kier molecular flexibility index (Phi) is 3.55. The van der Waals surface area contributed by atoms with Gasteiger partial charge in [-0.3, -0.25) is 4.98 Å². The smallest absolute Gasteiger partial charge is 0.0780 e. The highest BCUT2D eigenvalue weighted by Gasteiger charge is 2.45. The first-order valence-electron chi connectivity index (χ1n) is 10.00. The fourth-order valence-electron chi connectivity index (χ4n) is 4.73. The molecule has 0 N–H and O–H groups in total. The van der Waals surface area contributed by atoms with Gasteiger partial charge in [-0.05, 0) is 50.6 Å². The maximum Gasteiger partial charge on any atom is 0.0780 e. The molecule has 1 heterocycles. The van der Waals surface area contributed by atoms with Crippen LogP contribution in [0.2, 0.25) is 0 Å². The summed E-state index contributed by atoms with van der Waals surface area (Å²) in [5, 5.41) is 2.44. The van der Waals surface area contributed by atoms with Gasteiger partial charge in [-0.1, -0.05) is 88.4 Å². The first-order chi connectivity index (χ1) is 13.4. The van der Waals surface area contributed by atoms with Gasteiger partial charge in [0, 0.05) is 17.1 Å². The summed E-state index contributed by atoms with van der Waals surface area (Å²) >= 11 is 0. The predicted molar refractivity (Wildman–Crippen MR) is 119 cm³/mol. The second-order valence-electron chi connectivity index (χ2n) is 8.94. The van der Waals surface area contributed by atoms with Gasteiger partial charge in [-0.25, -0.2) is 0 Å². The third kappa shape index (κ3) is 2.22. The molecule has 1 aliphatic carbocycles. The van der Waals surface area contributed by atoms with Crippen LogP contribution < -0.4 is 0 Å². The number of hydrogen-bond acceptors (Lipinski definition) is 1. The van der Waals surface area contributed by atoms with Gasteiger partial charge in [0.05, 0.1) is 5.69 Å². The molecule has 0 bridgehead atoms. The second kappa shape index (κ2) is 5.78. The molecule has 1 aliphatic rings. The quantitative estimate of drug-likeness (QED) is 0.350. The van der Waals surface area contributed by atoms with E-state index in [9.17, 15) is 0 Å². The van der Waals surface area contributed by atoms with Gasteiger partial charge < -0.3 is 0 Å². The molecular weight excluding hydrogens is 338 g/mol. The third-order valence-electron chi connectivity index (χ3n) is 7.09. The third-order valence-corrected chi connectivity index (χ3v) is 7.09. The van der Waals surface area contributed by atoms with Gasteiger partial charge in [0.1, 0.15) is 0 Å². The van der Waals surface area contributed by atoms with Gasteiger partial charge >= 0.3 is 0 Å². The van der Waals surface area contributed by atoms with Crippen molar-refractivity contribution in [2.45, 2.75) is 38.5 Å². The Labute approximate surface area is 167 Å². The Morgan fingerprint density at radius 1 is 0.643 bits per heavy atom. The average molecular weight is 364 g/mol. The molecule has 4 aromatic rings. The summed E-state index contributed by atoms with van der Waals surface area (Å²) in [5.41, 5.74) is 7.86. The molecule has 0 radical (unpaired) electrons. The zero-order valence-electron chi connectivity index (χ0n) is 17.0. The van der Waals surface area contributed by atoms with Crippen molar-refractivity contribution in [3.63, 3.8) is 0 Å². The van der Waals surface area contributed by atoms with Crippen LogP contribution in [0.25, 0.3) is 33.2 Å². The molecule has 1 aromatic heterocycles. The molecule has 0 amide bonds. The molecule has 0 fully saturated rings. The van der Waals surface area contributed by atoms with E-state index in [0.29, 0.717) is 0 Å². The molecule has 28 heavy (non-hydrogen) atoms. The van der Waals surface area contributed by atoms with E-state index in [0.717, 1.165) is 5.69 Å². The number of hydrogen-bond donors (Lipinski definition) is 0. The second-order valence-corrected chi connectivity index (χ2v) is 8.94. The lowest BCUT2D eigenvalue weighted by atomic mass is 9.55. The summed E-state index contributed by atoms with van der Waals surface area (Å²) < 4.78 is 0. The Hall–Kier alpha value is -2.93. The van der Waals surface area contributed by atoms with Crippen molar-refractivity contribution < 1.29 is 0 Å². The first kappa shape index (κ1) is 17.2. The highest BCUT2D eigenvalue weighted by Crippen LogP contribution is 2.54. The van der Waals surface area contributed by atoms with Crippen molar-refractivity contribution in [1.82, 2.24) is 4.98 Å². The lowest BCUT2D eigenvalue weighted by Gasteiger charge is -2.48. The Bertz CT molecular complexity index is 1210. The fraction of sp³-hybridized carbons (Fsp3) is 0.222. The normalized spacial score (nSPS) is 16.4. The average Bonchev–Trinajstić information content (AvgIpc) is 2.72. The van der Waals surface area contributed by atoms with Gasteiger partial charge in [0.2, 0.25) is 0 Å². The molecule has 1 nitrogen and oxygen atoms in total. The summed E-state index contributed by atoms with van der Waals surface area (Å²) in [4.78, 5) is 4.75. The Morgan fingerprint density at radius 3 is 2.18 bits per heavy atom. The molecular formula is C27H25N. The van der Waals surface area contributed by atoms with Crippen LogP contribution in [0, 0.1) is 0 Å². The highest BCUT2D eigenvalue weighted by molar-refractivity contribution is 5.95. The van der Waals surface area contributed by atoms with Gasteiger partial charge in [0.25, 0.3) is 0 Å². The highest BCUT2D eigenvalue weighted by atomic mass is 14.7. The van der Waals surface area contributed by atoms with Crippen molar-refractivity contribution in [3.8, 4) is 22.4 Å². The van der Waals surface area contributed by atoms with Crippen LogP contribution in [0.3, 0.4) is 0 Å². The molecule has 0 saturated heterocycles. The number of fused-ring (bicyclic) bond motifs is 4. The van der Waals surface area contributed by atoms with Gasteiger partial charge in [-0.2, -0.15) is 0 Å². The molecule has 5 rings (SSSR count). The van der Waals surface area contributed by atoms with E-state index in [1.165, 1.54) is 38.6 Å². The van der Waals surface area contributed by atoms with Gasteiger partial charge in [-0.15, -0.1) is 0 Å². The molecule has 0 atom stereocenters. The van der Waals surface area contributed by atoms with E-state index in [-0.39, 0.29) is 10.8 Å². The van der Waals surface area contributed by atoms with Crippen LogP contribution in [0.15, 0.2) is 79.0 Å². The van der Waals surface area contributed by atoms with Crippen molar-refractivity contribution in [2.24, 2.45) is 0 Å². The van der Waals surface area contributed by atoms with Crippen LogP contribution in [0.4, 0.5) is 0 Å². The number of aromatic nitrogens is 1. The molecule has 0 aliphatic heterocycles. The van der Waals surface area contributed by atoms with Crippen LogP contribution in [0.5, 0.6) is 0 Å². The van der Waals surface area contributed by atoms with Crippen molar-refractivity contribution in [3.05, 3.63) is 90.1 Å². The molecule has 0 saturated carbocycles. The van der Waals surface area contributed by atoms with Crippen LogP contribution in [0.1, 0.15) is 38.8 Å². The molecule has 1 heteroatoms. The summed E-state index contributed by atoms with van der Waals surface area (Å²) in [6.07, 6.45) is 1.92. The molecule has 138 valence electrons. The number of rotatable bonds is 1. The number of pyridine rings is 1. The minimum atomic E-state index is 0.0112. The molecule has 3 aromatic carbocycles. The lowest BCUT2D eigenvalue weighted by molar-refractivity contribution is 0.299. The van der Waals surface area contributed by atoms with Crippen LogP contribution in [-0.2, 0) is 10.8 Å². The van der Waals surface area contributed by atoms with E-state index in [2.05, 4.69) is 100 Å². The van der Waals surface area contributed by atoms with E-state index in [1.54, 1.807) is 0 Å². The number of nitrogens with zero attached hydrogens (tertiary/aromatic N) is 1. The number of benzene rings is 3. The largest absolute Gasteiger partial charge is 0.256 e. The molecule has 0 spiro atoms. The first-order valence-corrected chi connectivity index (χ1v) is 10.00. The standard InChI is InChI=1S/C27H25N/c1-26(2)23-12-8-7-11-21(23)22-14-13-19(17-24(22)27(26,3)4)25-20-10-6-5-9-18(20)15-16-28-25/h5-17H,1-4H3. The van der Waals surface area contributed by atoms with E-state index in [4.69, 9.17) is 4.98 Å². The molecule has 0 unspecified atom stereocenters. The Morgan fingerprint density at radius 2 is 1.32 bits per heavy atom. The minimum Gasteiger partial charge on any atom is -0.256 e. The van der Waals surface area contributed by atoms with Crippen molar-refractivity contribution >= 4 is 10.8 Å². The maximum atomic E-state index is 4.75. The predicted octanol–water partition coefficient (Wildman–Crippen LogP) is 7.14. The monoisotopic (exact) mass is 363 g/mol.